The van der Waals surface area contributed by atoms with Gasteiger partial charge in [0.05, 0.1) is 35.0 Å². The number of hydrogen-bond acceptors (Lipinski definition) is 11. The molecule has 2 atom stereocenters. The molecule has 4 aromatic rings. The van der Waals surface area contributed by atoms with Crippen LogP contribution >= 0.6 is 22.7 Å². The molecule has 0 radical (unpaired) electrons. The Labute approximate surface area is 271 Å². The van der Waals surface area contributed by atoms with Gasteiger partial charge in [-0.25, -0.2) is 9.59 Å². The number of methoxy groups -OCH3 is 2. The monoisotopic (exact) mass is 653 g/mol. The lowest BCUT2D eigenvalue weighted by atomic mass is 10.0. The molecule has 0 bridgehead atoms. The maximum absolute atomic E-state index is 12.9. The molecule has 0 aliphatic carbocycles. The molecule has 0 saturated carbocycles. The van der Waals surface area contributed by atoms with E-state index in [1.54, 1.807) is 37.6 Å². The predicted octanol–water partition coefficient (Wildman–Crippen LogP) is 5.31. The lowest BCUT2D eigenvalue weighted by Gasteiger charge is -2.31. The third-order valence-corrected chi connectivity index (χ3v) is 8.49. The molecule has 0 spiro atoms. The SMILES string of the molecule is CCN(CC(Cc1ccc(OC)cc1)NC(=O)OCc1cncs1)C[C@H](Cc1ccc(OC)cc1)NC(=O)OCc1cncs1. The molecule has 0 fully saturated rings. The Bertz CT molecular complexity index is 1310. The summed E-state index contributed by atoms with van der Waals surface area (Å²) in [6, 6.07) is 15.0. The molecule has 4 rings (SSSR count). The Morgan fingerprint density at radius 1 is 0.733 bits per heavy atom. The summed E-state index contributed by atoms with van der Waals surface area (Å²) >= 11 is 2.86. The van der Waals surface area contributed by atoms with Gasteiger partial charge in [-0.15, -0.1) is 22.7 Å². The fraction of sp³-hybridized carbons (Fsp3) is 0.375. The minimum absolute atomic E-state index is 0.154. The maximum Gasteiger partial charge on any atom is 0.407 e. The summed E-state index contributed by atoms with van der Waals surface area (Å²) in [6.45, 7) is 4.10. The van der Waals surface area contributed by atoms with Gasteiger partial charge in [-0.05, 0) is 54.8 Å². The van der Waals surface area contributed by atoms with Crippen LogP contribution in [-0.4, -0.2) is 73.0 Å². The van der Waals surface area contributed by atoms with Gasteiger partial charge >= 0.3 is 12.2 Å². The number of amides is 2. The zero-order valence-corrected chi connectivity index (χ0v) is 27.3. The van der Waals surface area contributed by atoms with E-state index in [0.29, 0.717) is 32.5 Å². The molecule has 0 aliphatic rings. The van der Waals surface area contributed by atoms with Crippen molar-refractivity contribution >= 4 is 34.9 Å². The molecule has 11 nitrogen and oxygen atoms in total. The van der Waals surface area contributed by atoms with Crippen LogP contribution in [0.1, 0.15) is 27.8 Å². The second-order valence-corrected chi connectivity index (χ2v) is 12.2. The van der Waals surface area contributed by atoms with Gasteiger partial charge in [0.2, 0.25) is 0 Å². The number of ether oxygens (including phenoxy) is 4. The molecular formula is C32H39N5O6S2. The van der Waals surface area contributed by atoms with Crippen molar-refractivity contribution < 1.29 is 28.5 Å². The molecular weight excluding hydrogens is 615 g/mol. The molecule has 0 aliphatic heterocycles. The Morgan fingerprint density at radius 3 is 1.49 bits per heavy atom. The number of alkyl carbamates (subject to hydrolysis) is 2. The summed E-state index contributed by atoms with van der Waals surface area (Å²) in [6.07, 6.45) is 3.51. The van der Waals surface area contributed by atoms with Gasteiger partial charge in [0, 0.05) is 37.6 Å². The summed E-state index contributed by atoms with van der Waals surface area (Å²) in [4.78, 5) is 37.7. The first-order valence-corrected chi connectivity index (χ1v) is 16.3. The highest BCUT2D eigenvalue weighted by atomic mass is 32.1. The molecule has 13 heteroatoms. The van der Waals surface area contributed by atoms with Crippen LogP contribution in [0.2, 0.25) is 0 Å². The maximum atomic E-state index is 12.9. The zero-order valence-electron chi connectivity index (χ0n) is 25.6. The molecule has 2 aromatic carbocycles. The number of likely N-dealkylation sites (N-methyl/N-ethyl adjacent to an activating group) is 1. The zero-order chi connectivity index (χ0) is 31.9. The number of aromatic nitrogens is 2. The van der Waals surface area contributed by atoms with Crippen molar-refractivity contribution in [2.24, 2.45) is 0 Å². The minimum atomic E-state index is -0.502. The van der Waals surface area contributed by atoms with E-state index >= 15 is 0 Å². The van der Waals surface area contributed by atoms with Gasteiger partial charge in [0.25, 0.3) is 0 Å². The number of rotatable bonds is 17. The minimum Gasteiger partial charge on any atom is -0.497 e. The molecule has 2 heterocycles. The first-order chi connectivity index (χ1) is 21.9. The van der Waals surface area contributed by atoms with E-state index in [4.69, 9.17) is 18.9 Å². The second-order valence-electron chi connectivity index (χ2n) is 10.2. The summed E-state index contributed by atoms with van der Waals surface area (Å²) < 4.78 is 21.6. The number of benzene rings is 2. The van der Waals surface area contributed by atoms with Crippen molar-refractivity contribution in [3.63, 3.8) is 0 Å². The molecule has 0 saturated heterocycles. The summed E-state index contributed by atoms with van der Waals surface area (Å²) in [5.41, 5.74) is 5.49. The standard InChI is InChI=1S/C32H39N5O6S2/c1-4-37(17-25(13-23-5-9-27(40-2)10-6-23)35-31(38)42-19-29-15-33-21-44-29)18-26(14-24-7-11-28(41-3)12-8-24)36-32(39)43-20-30-16-34-22-45-30/h5-12,15-16,21-22,25-26H,4,13-14,17-20H2,1-3H3,(H,35,38)(H,36,39)/t25-,26?/m0/s1. The van der Waals surface area contributed by atoms with Gasteiger partial charge in [-0.3, -0.25) is 14.9 Å². The van der Waals surface area contributed by atoms with Crippen molar-refractivity contribution in [2.75, 3.05) is 33.9 Å². The van der Waals surface area contributed by atoms with Crippen LogP contribution < -0.4 is 20.1 Å². The third kappa shape index (κ3) is 11.7. The highest BCUT2D eigenvalue weighted by Gasteiger charge is 2.22. The quantitative estimate of drug-likeness (QED) is 0.156. The number of carbonyl (C=O) groups excluding carboxylic acids is 2. The van der Waals surface area contributed by atoms with Crippen molar-refractivity contribution in [3.05, 3.63) is 92.8 Å². The number of nitrogens with zero attached hydrogens (tertiary/aromatic N) is 3. The summed E-state index contributed by atoms with van der Waals surface area (Å²) in [5, 5.41) is 6.11. The Kier molecular flexibility index (Phi) is 13.4. The first-order valence-electron chi connectivity index (χ1n) is 14.5. The van der Waals surface area contributed by atoms with Crippen LogP contribution in [0.4, 0.5) is 9.59 Å². The fourth-order valence-corrected chi connectivity index (χ4v) is 5.70. The van der Waals surface area contributed by atoms with Crippen molar-refractivity contribution in [1.29, 1.82) is 0 Å². The van der Waals surface area contributed by atoms with Crippen LogP contribution in [0.15, 0.2) is 71.9 Å². The molecule has 2 aromatic heterocycles. The van der Waals surface area contributed by atoms with Gasteiger partial charge in [0.15, 0.2) is 0 Å². The average Bonchev–Trinajstić information content (AvgIpc) is 3.78. The van der Waals surface area contributed by atoms with Crippen LogP contribution in [-0.2, 0) is 35.5 Å². The van der Waals surface area contributed by atoms with Crippen molar-refractivity contribution in [1.82, 2.24) is 25.5 Å². The highest BCUT2D eigenvalue weighted by molar-refractivity contribution is 7.09. The van der Waals surface area contributed by atoms with Crippen LogP contribution in [0.5, 0.6) is 11.5 Å². The molecule has 45 heavy (non-hydrogen) atoms. The fourth-order valence-electron chi connectivity index (χ4n) is 4.69. The Balaban J connectivity index is 1.45. The molecule has 1 unspecified atom stereocenters. The van der Waals surface area contributed by atoms with E-state index in [1.165, 1.54) is 22.7 Å². The van der Waals surface area contributed by atoms with Crippen LogP contribution in [0.3, 0.4) is 0 Å². The number of hydrogen-bond donors (Lipinski definition) is 2. The van der Waals surface area contributed by atoms with Gasteiger partial charge < -0.3 is 29.6 Å². The van der Waals surface area contributed by atoms with E-state index in [0.717, 1.165) is 32.4 Å². The second kappa shape index (κ2) is 17.9. The molecule has 2 amide bonds. The third-order valence-electron chi connectivity index (χ3n) is 6.99. The molecule has 2 N–H and O–H groups in total. The number of carbonyl (C=O) groups is 2. The van der Waals surface area contributed by atoms with Gasteiger partial charge in [-0.2, -0.15) is 0 Å². The van der Waals surface area contributed by atoms with E-state index in [1.807, 2.05) is 48.5 Å². The lowest BCUT2D eigenvalue weighted by molar-refractivity contribution is 0.127. The van der Waals surface area contributed by atoms with Crippen molar-refractivity contribution in [3.8, 4) is 11.5 Å². The smallest absolute Gasteiger partial charge is 0.407 e. The number of nitrogens with one attached hydrogen (secondary N) is 2. The predicted molar refractivity (Wildman–Crippen MR) is 174 cm³/mol. The van der Waals surface area contributed by atoms with Gasteiger partial charge in [0.1, 0.15) is 24.7 Å². The van der Waals surface area contributed by atoms with E-state index in [-0.39, 0.29) is 25.3 Å². The van der Waals surface area contributed by atoms with Gasteiger partial charge in [-0.1, -0.05) is 31.2 Å². The summed E-state index contributed by atoms with van der Waals surface area (Å²) in [5.74, 6) is 1.52. The van der Waals surface area contributed by atoms with E-state index in [2.05, 4.69) is 32.4 Å². The van der Waals surface area contributed by atoms with E-state index in [9.17, 15) is 9.59 Å². The number of thiazole rings is 2. The summed E-state index contributed by atoms with van der Waals surface area (Å²) in [7, 11) is 3.26. The van der Waals surface area contributed by atoms with Crippen LogP contribution in [0, 0.1) is 0 Å². The Morgan fingerprint density at radius 2 is 1.16 bits per heavy atom. The topological polar surface area (TPSA) is 124 Å². The average molecular weight is 654 g/mol. The normalized spacial score (nSPS) is 12.3. The van der Waals surface area contributed by atoms with Crippen molar-refractivity contribution in [2.45, 2.75) is 45.1 Å². The van der Waals surface area contributed by atoms with E-state index < -0.39 is 12.2 Å². The lowest BCUT2D eigenvalue weighted by Crippen LogP contribution is -2.50. The Hall–Kier alpha value is -4.20. The first kappa shape index (κ1) is 33.7. The molecule has 240 valence electrons. The highest BCUT2D eigenvalue weighted by Crippen LogP contribution is 2.16. The van der Waals surface area contributed by atoms with Crippen LogP contribution in [0.25, 0.3) is 0 Å². The largest absolute Gasteiger partial charge is 0.497 e.